The van der Waals surface area contributed by atoms with Gasteiger partial charge in [-0.3, -0.25) is 14.3 Å². The number of nitrogens with zero attached hydrogens (tertiary/aromatic N) is 2. The summed E-state index contributed by atoms with van der Waals surface area (Å²) < 4.78 is 2.01. The van der Waals surface area contributed by atoms with Gasteiger partial charge in [0.2, 0.25) is 5.91 Å². The number of hydrogen-bond donors (Lipinski definition) is 0. The highest BCUT2D eigenvalue weighted by Crippen LogP contribution is 2.40. The van der Waals surface area contributed by atoms with Gasteiger partial charge in [-0.25, -0.2) is 0 Å². The minimum Gasteiger partial charge on any atom is -0.298 e. The zero-order valence-electron chi connectivity index (χ0n) is 11.6. The number of carbonyl (C=O) groups excluding carboxylic acids is 1. The van der Waals surface area contributed by atoms with Crippen LogP contribution in [-0.2, 0) is 6.42 Å². The van der Waals surface area contributed by atoms with Crippen molar-refractivity contribution in [1.29, 1.82) is 0 Å². The van der Waals surface area contributed by atoms with E-state index in [9.17, 15) is 4.79 Å². The van der Waals surface area contributed by atoms with Gasteiger partial charge in [0.1, 0.15) is 0 Å². The molecule has 1 aromatic heterocycles. The lowest BCUT2D eigenvalue weighted by atomic mass is 9.95. The summed E-state index contributed by atoms with van der Waals surface area (Å²) in [6.07, 6.45) is 3.84. The van der Waals surface area contributed by atoms with Gasteiger partial charge in [0, 0.05) is 24.0 Å². The van der Waals surface area contributed by atoms with E-state index in [1.807, 2.05) is 10.6 Å². The molecule has 20 heavy (non-hydrogen) atoms. The maximum atomic E-state index is 12.5. The van der Waals surface area contributed by atoms with Gasteiger partial charge in [-0.1, -0.05) is 18.2 Å². The van der Waals surface area contributed by atoms with Gasteiger partial charge in [0.15, 0.2) is 0 Å². The van der Waals surface area contributed by atoms with E-state index in [2.05, 4.69) is 30.1 Å². The monoisotopic (exact) mass is 290 g/mol. The van der Waals surface area contributed by atoms with Gasteiger partial charge in [0.25, 0.3) is 0 Å². The fourth-order valence-corrected chi connectivity index (χ4v) is 3.78. The maximum Gasteiger partial charge on any atom is 0.231 e. The SMILES string of the molecule is CN1CCc2c3n(c4ccccc24)C(=O)CCCC31.Cl. The lowest BCUT2D eigenvalue weighted by Crippen LogP contribution is -2.33. The van der Waals surface area contributed by atoms with Gasteiger partial charge >= 0.3 is 0 Å². The van der Waals surface area contributed by atoms with Crippen molar-refractivity contribution in [3.05, 3.63) is 35.5 Å². The smallest absolute Gasteiger partial charge is 0.231 e. The van der Waals surface area contributed by atoms with Crippen molar-refractivity contribution < 1.29 is 4.79 Å². The summed E-state index contributed by atoms with van der Waals surface area (Å²) in [6, 6.07) is 8.79. The van der Waals surface area contributed by atoms with E-state index in [1.54, 1.807) is 0 Å². The summed E-state index contributed by atoms with van der Waals surface area (Å²) in [5.41, 5.74) is 3.80. The molecule has 2 aliphatic heterocycles. The lowest BCUT2D eigenvalue weighted by molar-refractivity contribution is 0.0907. The van der Waals surface area contributed by atoms with Gasteiger partial charge in [0.05, 0.1) is 11.6 Å². The molecule has 0 saturated carbocycles. The molecule has 1 aromatic carbocycles. The van der Waals surface area contributed by atoms with Crippen molar-refractivity contribution in [3.63, 3.8) is 0 Å². The second kappa shape index (κ2) is 4.90. The Bertz CT molecular complexity index is 676. The van der Waals surface area contributed by atoms with Crippen LogP contribution < -0.4 is 0 Å². The molecular weight excluding hydrogens is 272 g/mol. The number of hydrogen-bond acceptors (Lipinski definition) is 2. The third-order valence-corrected chi connectivity index (χ3v) is 4.70. The molecule has 3 nitrogen and oxygen atoms in total. The van der Waals surface area contributed by atoms with E-state index in [0.717, 1.165) is 31.3 Å². The Labute approximate surface area is 125 Å². The Balaban J connectivity index is 0.00000121. The van der Waals surface area contributed by atoms with Crippen LogP contribution in [-0.4, -0.2) is 29.0 Å². The molecule has 0 radical (unpaired) electrons. The molecule has 0 aliphatic carbocycles. The summed E-state index contributed by atoms with van der Waals surface area (Å²) >= 11 is 0. The first kappa shape index (κ1) is 13.7. The Kier molecular flexibility index (Phi) is 3.35. The van der Waals surface area contributed by atoms with Crippen molar-refractivity contribution >= 4 is 29.2 Å². The number of benzene rings is 1. The van der Waals surface area contributed by atoms with Crippen LogP contribution in [0.5, 0.6) is 0 Å². The first-order chi connectivity index (χ1) is 9.27. The first-order valence-corrected chi connectivity index (χ1v) is 7.13. The third-order valence-electron chi connectivity index (χ3n) is 4.70. The zero-order valence-corrected chi connectivity index (χ0v) is 12.4. The zero-order chi connectivity index (χ0) is 13.0. The molecule has 0 spiro atoms. The van der Waals surface area contributed by atoms with Crippen molar-refractivity contribution in [3.8, 4) is 0 Å². The van der Waals surface area contributed by atoms with Crippen molar-refractivity contribution in [2.75, 3.05) is 13.6 Å². The number of likely N-dealkylation sites (N-methyl/N-ethyl adjacent to an activating group) is 1. The summed E-state index contributed by atoms with van der Waals surface area (Å²) in [4.78, 5) is 14.9. The quantitative estimate of drug-likeness (QED) is 0.743. The van der Waals surface area contributed by atoms with Gasteiger partial charge < -0.3 is 0 Å². The molecule has 1 unspecified atom stereocenters. The normalized spacial score (nSPS) is 22.2. The second-order valence-corrected chi connectivity index (χ2v) is 5.75. The molecule has 2 aliphatic rings. The van der Waals surface area contributed by atoms with Gasteiger partial charge in [-0.2, -0.15) is 0 Å². The highest BCUT2D eigenvalue weighted by Gasteiger charge is 2.34. The molecule has 106 valence electrons. The predicted molar refractivity (Wildman–Crippen MR) is 82.7 cm³/mol. The highest BCUT2D eigenvalue weighted by molar-refractivity contribution is 5.96. The fraction of sp³-hybridized carbons (Fsp3) is 0.438. The van der Waals surface area contributed by atoms with E-state index >= 15 is 0 Å². The topological polar surface area (TPSA) is 25.2 Å². The summed E-state index contributed by atoms with van der Waals surface area (Å²) in [6.45, 7) is 1.10. The summed E-state index contributed by atoms with van der Waals surface area (Å²) in [7, 11) is 2.19. The van der Waals surface area contributed by atoms with Crippen LogP contribution in [0.15, 0.2) is 24.3 Å². The average molecular weight is 291 g/mol. The Morgan fingerprint density at radius 3 is 2.85 bits per heavy atom. The van der Waals surface area contributed by atoms with Gasteiger partial charge in [-0.05, 0) is 37.9 Å². The lowest BCUT2D eigenvalue weighted by Gasteiger charge is -2.32. The standard InChI is InChI=1S/C16H18N2O.ClH/c1-17-10-9-12-11-5-2-3-6-13(11)18-15(19)8-4-7-14(17)16(12)18;/h2-3,5-6,14H,4,7-10H2,1H3;1H. The van der Waals surface area contributed by atoms with Crippen LogP contribution in [0.1, 0.15) is 41.4 Å². The molecule has 0 saturated heterocycles. The van der Waals surface area contributed by atoms with Crippen molar-refractivity contribution in [2.45, 2.75) is 31.7 Å². The molecule has 4 rings (SSSR count). The van der Waals surface area contributed by atoms with E-state index < -0.39 is 0 Å². The maximum absolute atomic E-state index is 12.5. The van der Waals surface area contributed by atoms with Crippen LogP contribution in [0.4, 0.5) is 0 Å². The van der Waals surface area contributed by atoms with E-state index in [-0.39, 0.29) is 18.3 Å². The molecule has 4 heteroatoms. The molecule has 0 N–H and O–H groups in total. The summed E-state index contributed by atoms with van der Waals surface area (Å²) in [5.74, 6) is 0.273. The van der Waals surface area contributed by atoms with Crippen LogP contribution in [0.25, 0.3) is 10.9 Å². The number of fused-ring (bicyclic) bond motifs is 3. The first-order valence-electron chi connectivity index (χ1n) is 7.13. The number of halogens is 1. The number of para-hydroxylation sites is 1. The molecule has 3 heterocycles. The molecule has 2 aromatic rings. The van der Waals surface area contributed by atoms with E-state index in [4.69, 9.17) is 0 Å². The second-order valence-electron chi connectivity index (χ2n) is 5.75. The largest absolute Gasteiger partial charge is 0.298 e. The van der Waals surface area contributed by atoms with Crippen molar-refractivity contribution in [2.24, 2.45) is 0 Å². The third kappa shape index (κ3) is 1.73. The van der Waals surface area contributed by atoms with Crippen LogP contribution in [0.2, 0.25) is 0 Å². The molecule has 0 bridgehead atoms. The molecular formula is C16H19ClN2O. The minimum absolute atomic E-state index is 0. The Morgan fingerprint density at radius 1 is 1.20 bits per heavy atom. The van der Waals surface area contributed by atoms with E-state index in [1.165, 1.54) is 16.6 Å². The minimum atomic E-state index is 0. The highest BCUT2D eigenvalue weighted by atomic mass is 35.5. The van der Waals surface area contributed by atoms with Crippen LogP contribution in [0.3, 0.4) is 0 Å². The van der Waals surface area contributed by atoms with Crippen LogP contribution in [0, 0.1) is 0 Å². The Morgan fingerprint density at radius 2 is 2.00 bits per heavy atom. The number of carbonyl (C=O) groups is 1. The Hall–Kier alpha value is -1.32. The molecule has 1 atom stereocenters. The fourth-order valence-electron chi connectivity index (χ4n) is 3.78. The number of aromatic nitrogens is 1. The van der Waals surface area contributed by atoms with Gasteiger partial charge in [-0.15, -0.1) is 12.4 Å². The summed E-state index contributed by atoms with van der Waals surface area (Å²) in [5, 5.41) is 1.28. The predicted octanol–water partition coefficient (Wildman–Crippen LogP) is 3.42. The number of rotatable bonds is 0. The van der Waals surface area contributed by atoms with Crippen LogP contribution >= 0.6 is 12.4 Å². The average Bonchev–Trinajstić information content (AvgIpc) is 2.65. The molecule has 0 amide bonds. The van der Waals surface area contributed by atoms with E-state index in [0.29, 0.717) is 12.5 Å². The van der Waals surface area contributed by atoms with Crippen molar-refractivity contribution in [1.82, 2.24) is 9.47 Å². The molecule has 0 fully saturated rings.